The highest BCUT2D eigenvalue weighted by molar-refractivity contribution is 7.78. The van der Waals surface area contributed by atoms with Crippen LogP contribution < -0.4 is 9.47 Å². The number of nitrogens with zero attached hydrogens (tertiary/aromatic N) is 2. The SMILES string of the molecule is FC1(F)Oc2ccc(-c3ccc(COC4CC(N=C=S)C4)nc3)cc2O1. The van der Waals surface area contributed by atoms with Gasteiger partial charge in [-0.05, 0) is 48.8 Å². The zero-order valence-corrected chi connectivity index (χ0v) is 14.3. The van der Waals surface area contributed by atoms with Gasteiger partial charge in [-0.2, -0.15) is 0 Å². The van der Waals surface area contributed by atoms with E-state index >= 15 is 0 Å². The first-order chi connectivity index (χ1) is 12.5. The maximum Gasteiger partial charge on any atom is 0.586 e. The van der Waals surface area contributed by atoms with Crippen molar-refractivity contribution in [2.75, 3.05) is 0 Å². The summed E-state index contributed by atoms with van der Waals surface area (Å²) < 4.78 is 40.8. The third-order valence-corrected chi connectivity index (χ3v) is 4.44. The highest BCUT2D eigenvalue weighted by atomic mass is 32.1. The van der Waals surface area contributed by atoms with Crippen molar-refractivity contribution in [3.8, 4) is 22.6 Å². The minimum atomic E-state index is -3.62. The molecule has 0 amide bonds. The Balaban J connectivity index is 1.37. The minimum Gasteiger partial charge on any atom is -0.395 e. The number of hydrogen-bond donors (Lipinski definition) is 0. The Morgan fingerprint density at radius 1 is 1.19 bits per heavy atom. The Morgan fingerprint density at radius 3 is 2.69 bits per heavy atom. The molecule has 2 heterocycles. The second kappa shape index (κ2) is 6.72. The molecule has 26 heavy (non-hydrogen) atoms. The van der Waals surface area contributed by atoms with Crippen molar-refractivity contribution in [3.05, 3.63) is 42.2 Å². The molecule has 0 radical (unpaired) electrons. The van der Waals surface area contributed by atoms with Crippen molar-refractivity contribution in [2.24, 2.45) is 4.99 Å². The lowest BCUT2D eigenvalue weighted by molar-refractivity contribution is -0.286. The van der Waals surface area contributed by atoms with Crippen molar-refractivity contribution in [2.45, 2.75) is 37.9 Å². The van der Waals surface area contributed by atoms with E-state index in [0.29, 0.717) is 12.2 Å². The van der Waals surface area contributed by atoms with Crippen LogP contribution in [0.25, 0.3) is 11.1 Å². The molecule has 0 spiro atoms. The lowest BCUT2D eigenvalue weighted by atomic mass is 9.90. The fourth-order valence-corrected chi connectivity index (χ4v) is 3.02. The van der Waals surface area contributed by atoms with E-state index in [4.69, 9.17) is 4.74 Å². The average Bonchev–Trinajstić information content (AvgIpc) is 2.90. The number of halogens is 2. The molecule has 1 aromatic carbocycles. The van der Waals surface area contributed by atoms with Crippen LogP contribution in [0, 0.1) is 0 Å². The van der Waals surface area contributed by atoms with Gasteiger partial charge in [0.25, 0.3) is 0 Å². The number of hydrogen-bond acceptors (Lipinski definition) is 6. The second-order valence-electron chi connectivity index (χ2n) is 6.15. The van der Waals surface area contributed by atoms with Crippen LogP contribution >= 0.6 is 12.2 Å². The molecule has 1 aliphatic heterocycles. The molecular weight excluding hydrogens is 362 g/mol. The van der Waals surface area contributed by atoms with Crippen molar-refractivity contribution in [1.29, 1.82) is 0 Å². The topological polar surface area (TPSA) is 52.9 Å². The van der Waals surface area contributed by atoms with Gasteiger partial charge in [0.05, 0.1) is 29.6 Å². The van der Waals surface area contributed by atoms with Gasteiger partial charge >= 0.3 is 6.29 Å². The van der Waals surface area contributed by atoms with Crippen molar-refractivity contribution >= 4 is 17.4 Å². The molecular formula is C18H14F2N2O3S. The van der Waals surface area contributed by atoms with Gasteiger partial charge in [-0.3, -0.25) is 4.98 Å². The number of aliphatic imine (C=N–C) groups is 1. The molecule has 0 saturated heterocycles. The first-order valence-corrected chi connectivity index (χ1v) is 8.47. The van der Waals surface area contributed by atoms with Crippen LogP contribution in [-0.2, 0) is 11.3 Å². The Labute approximate surface area is 153 Å². The molecule has 0 atom stereocenters. The van der Waals surface area contributed by atoms with E-state index in [0.717, 1.165) is 24.1 Å². The Hall–Kier alpha value is -2.41. The average molecular weight is 376 g/mol. The summed E-state index contributed by atoms with van der Waals surface area (Å²) in [7, 11) is 0. The van der Waals surface area contributed by atoms with E-state index in [9.17, 15) is 8.78 Å². The van der Waals surface area contributed by atoms with Crippen molar-refractivity contribution in [3.63, 3.8) is 0 Å². The third-order valence-electron chi connectivity index (χ3n) is 4.33. The van der Waals surface area contributed by atoms with E-state index in [2.05, 4.69) is 36.8 Å². The van der Waals surface area contributed by atoms with Gasteiger partial charge in [0.2, 0.25) is 0 Å². The molecule has 1 aromatic heterocycles. The number of aromatic nitrogens is 1. The van der Waals surface area contributed by atoms with Crippen LogP contribution in [0.2, 0.25) is 0 Å². The predicted octanol–water partition coefficient (Wildman–Crippen LogP) is 4.22. The first-order valence-electron chi connectivity index (χ1n) is 8.06. The Bertz CT molecular complexity index is 863. The van der Waals surface area contributed by atoms with Crippen LogP contribution in [0.5, 0.6) is 11.5 Å². The molecule has 134 valence electrons. The summed E-state index contributed by atoms with van der Waals surface area (Å²) in [5.74, 6) is 0.0342. The number of isothiocyanates is 1. The summed E-state index contributed by atoms with van der Waals surface area (Å²) in [6.07, 6.45) is -0.0685. The van der Waals surface area contributed by atoms with Crippen molar-refractivity contribution in [1.82, 2.24) is 4.98 Å². The van der Waals surface area contributed by atoms with Gasteiger partial charge in [-0.1, -0.05) is 12.1 Å². The number of pyridine rings is 1. The zero-order chi connectivity index (χ0) is 18.1. The highest BCUT2D eigenvalue weighted by Gasteiger charge is 2.43. The van der Waals surface area contributed by atoms with Gasteiger partial charge in [0, 0.05) is 11.8 Å². The van der Waals surface area contributed by atoms with Gasteiger partial charge in [-0.25, -0.2) is 4.99 Å². The monoisotopic (exact) mass is 376 g/mol. The lowest BCUT2D eigenvalue weighted by Gasteiger charge is -2.31. The van der Waals surface area contributed by atoms with Gasteiger partial charge in [-0.15, -0.1) is 8.78 Å². The molecule has 1 aliphatic carbocycles. The number of ether oxygens (including phenoxy) is 3. The number of alkyl halides is 2. The standard InChI is InChI=1S/C18H14F2N2O3S/c19-18(20)24-16-4-2-11(5-17(16)25-18)12-1-3-13(21-8-12)9-23-15-6-14(7-15)22-10-26/h1-5,8,14-15H,6-7,9H2. The number of benzene rings is 1. The second-order valence-corrected chi connectivity index (χ2v) is 6.33. The minimum absolute atomic E-state index is 0.0124. The normalized spacial score (nSPS) is 22.4. The molecule has 0 unspecified atom stereocenters. The predicted molar refractivity (Wildman–Crippen MR) is 92.5 cm³/mol. The molecule has 0 bridgehead atoms. The zero-order valence-electron chi connectivity index (χ0n) is 13.5. The molecule has 1 saturated carbocycles. The number of thiocarbonyl (C=S) groups is 1. The van der Waals surface area contributed by atoms with Gasteiger partial charge in [0.1, 0.15) is 0 Å². The molecule has 4 rings (SSSR count). The van der Waals surface area contributed by atoms with Crippen LogP contribution in [0.15, 0.2) is 41.5 Å². The molecule has 1 fully saturated rings. The fraction of sp³-hybridized carbons (Fsp3) is 0.333. The van der Waals surface area contributed by atoms with E-state index < -0.39 is 6.29 Å². The molecule has 2 aromatic rings. The van der Waals surface area contributed by atoms with Gasteiger partial charge in [0.15, 0.2) is 11.5 Å². The van der Waals surface area contributed by atoms with Crippen LogP contribution in [-0.4, -0.2) is 28.6 Å². The lowest BCUT2D eigenvalue weighted by Crippen LogP contribution is -2.34. The number of fused-ring (bicyclic) bond motifs is 1. The van der Waals surface area contributed by atoms with E-state index in [1.54, 1.807) is 12.3 Å². The number of rotatable bonds is 5. The fourth-order valence-electron chi connectivity index (χ4n) is 2.87. The Kier molecular flexibility index (Phi) is 4.40. The summed E-state index contributed by atoms with van der Waals surface area (Å²) in [5.41, 5.74) is 2.29. The van der Waals surface area contributed by atoms with Crippen molar-refractivity contribution < 1.29 is 23.0 Å². The van der Waals surface area contributed by atoms with Gasteiger partial charge < -0.3 is 14.2 Å². The summed E-state index contributed by atoms with van der Waals surface area (Å²) in [5, 5.41) is 2.39. The van der Waals surface area contributed by atoms with E-state index in [1.165, 1.54) is 12.1 Å². The van der Waals surface area contributed by atoms with E-state index in [-0.39, 0.29) is 23.6 Å². The molecule has 0 N–H and O–H groups in total. The molecule has 8 heteroatoms. The maximum atomic E-state index is 13.1. The highest BCUT2D eigenvalue weighted by Crippen LogP contribution is 2.42. The summed E-state index contributed by atoms with van der Waals surface area (Å²) in [6.45, 7) is 0.409. The summed E-state index contributed by atoms with van der Waals surface area (Å²) in [4.78, 5) is 8.38. The maximum absolute atomic E-state index is 13.1. The third kappa shape index (κ3) is 3.58. The molecule has 2 aliphatic rings. The summed E-state index contributed by atoms with van der Waals surface area (Å²) in [6, 6.07) is 8.59. The first kappa shape index (κ1) is 17.0. The smallest absolute Gasteiger partial charge is 0.395 e. The van der Waals surface area contributed by atoms with Crippen LogP contribution in [0.4, 0.5) is 8.78 Å². The Morgan fingerprint density at radius 2 is 1.96 bits per heavy atom. The largest absolute Gasteiger partial charge is 0.586 e. The van der Waals surface area contributed by atoms with E-state index in [1.807, 2.05) is 12.1 Å². The quantitative estimate of drug-likeness (QED) is 0.578. The van der Waals surface area contributed by atoms with Crippen LogP contribution in [0.1, 0.15) is 18.5 Å². The van der Waals surface area contributed by atoms with Crippen LogP contribution in [0.3, 0.4) is 0 Å². The molecule has 5 nitrogen and oxygen atoms in total. The summed E-state index contributed by atoms with van der Waals surface area (Å²) >= 11 is 4.58.